The Labute approximate surface area is 94.2 Å². The number of benzene rings is 1. The Kier molecular flexibility index (Phi) is 2.91. The Balaban J connectivity index is 2.23. The Bertz CT molecular complexity index is 328. The second-order valence-corrected chi connectivity index (χ2v) is 5.41. The quantitative estimate of drug-likeness (QED) is 0.782. The molecule has 1 heterocycles. The van der Waals surface area contributed by atoms with Crippen molar-refractivity contribution in [1.82, 2.24) is 0 Å². The molecule has 1 saturated heterocycles. The van der Waals surface area contributed by atoms with Gasteiger partial charge in [0.2, 0.25) is 0 Å². The standard InChI is InChI=1S/C12H16FNS/c1-12(13,10-6-7-15-8-10)9-2-4-11(14)5-3-9/h2-5,10H,6-8,14H2,1H3. The maximum Gasteiger partial charge on any atom is 0.136 e. The zero-order chi connectivity index (χ0) is 10.9. The number of anilines is 1. The van der Waals surface area contributed by atoms with Crippen molar-refractivity contribution in [3.63, 3.8) is 0 Å². The summed E-state index contributed by atoms with van der Waals surface area (Å²) in [6.07, 6.45) is 0.974. The zero-order valence-electron chi connectivity index (χ0n) is 8.87. The lowest BCUT2D eigenvalue weighted by molar-refractivity contribution is 0.116. The smallest absolute Gasteiger partial charge is 0.136 e. The van der Waals surface area contributed by atoms with Crippen LogP contribution in [0.15, 0.2) is 24.3 Å². The Morgan fingerprint density at radius 1 is 1.40 bits per heavy atom. The molecule has 2 atom stereocenters. The van der Waals surface area contributed by atoms with Gasteiger partial charge in [0.05, 0.1) is 0 Å². The highest BCUT2D eigenvalue weighted by molar-refractivity contribution is 7.99. The number of alkyl halides is 1. The van der Waals surface area contributed by atoms with E-state index in [0.29, 0.717) is 5.69 Å². The molecule has 2 unspecified atom stereocenters. The summed E-state index contributed by atoms with van der Waals surface area (Å²) in [5.41, 5.74) is 5.83. The molecule has 1 fully saturated rings. The predicted octanol–water partition coefficient (Wildman–Crippen LogP) is 3.21. The van der Waals surface area contributed by atoms with Crippen molar-refractivity contribution in [2.75, 3.05) is 17.2 Å². The molecule has 3 heteroatoms. The van der Waals surface area contributed by atoms with Crippen molar-refractivity contribution in [3.05, 3.63) is 29.8 Å². The number of nitrogen functional groups attached to an aromatic ring is 1. The van der Waals surface area contributed by atoms with E-state index in [1.165, 1.54) is 0 Å². The highest BCUT2D eigenvalue weighted by atomic mass is 32.2. The van der Waals surface area contributed by atoms with Gasteiger partial charge in [-0.2, -0.15) is 11.8 Å². The van der Waals surface area contributed by atoms with Gasteiger partial charge < -0.3 is 5.73 Å². The monoisotopic (exact) mass is 225 g/mol. The molecule has 0 amide bonds. The summed E-state index contributed by atoms with van der Waals surface area (Å²) < 4.78 is 14.6. The van der Waals surface area contributed by atoms with Crippen LogP contribution < -0.4 is 5.73 Å². The molecule has 0 bridgehead atoms. The molecule has 15 heavy (non-hydrogen) atoms. The minimum absolute atomic E-state index is 0.145. The zero-order valence-corrected chi connectivity index (χ0v) is 9.69. The third-order valence-electron chi connectivity index (χ3n) is 3.17. The Hall–Kier alpha value is -0.700. The molecule has 0 aliphatic carbocycles. The lowest BCUT2D eigenvalue weighted by Crippen LogP contribution is -2.27. The topological polar surface area (TPSA) is 26.0 Å². The Morgan fingerprint density at radius 2 is 2.07 bits per heavy atom. The number of thioether (sulfide) groups is 1. The summed E-state index contributed by atoms with van der Waals surface area (Å²) in [4.78, 5) is 0. The van der Waals surface area contributed by atoms with Gasteiger partial charge in [-0.05, 0) is 42.5 Å². The van der Waals surface area contributed by atoms with E-state index in [9.17, 15) is 4.39 Å². The fraction of sp³-hybridized carbons (Fsp3) is 0.500. The molecule has 1 aromatic carbocycles. The van der Waals surface area contributed by atoms with Crippen LogP contribution in [0.25, 0.3) is 0 Å². The van der Waals surface area contributed by atoms with E-state index in [-0.39, 0.29) is 5.92 Å². The van der Waals surface area contributed by atoms with E-state index in [4.69, 9.17) is 5.73 Å². The van der Waals surface area contributed by atoms with Crippen LogP contribution in [0, 0.1) is 5.92 Å². The van der Waals surface area contributed by atoms with Crippen LogP contribution in [0.5, 0.6) is 0 Å². The maximum atomic E-state index is 14.6. The molecule has 82 valence electrons. The minimum atomic E-state index is -1.21. The van der Waals surface area contributed by atoms with Gasteiger partial charge >= 0.3 is 0 Å². The first-order chi connectivity index (χ1) is 7.10. The third-order valence-corrected chi connectivity index (χ3v) is 4.33. The van der Waals surface area contributed by atoms with Crippen LogP contribution in [0.4, 0.5) is 10.1 Å². The van der Waals surface area contributed by atoms with Gasteiger partial charge in [-0.1, -0.05) is 12.1 Å². The summed E-state index contributed by atoms with van der Waals surface area (Å²) in [5.74, 6) is 2.16. The van der Waals surface area contributed by atoms with Crippen LogP contribution in [-0.2, 0) is 5.67 Å². The van der Waals surface area contributed by atoms with Gasteiger partial charge in [-0.3, -0.25) is 0 Å². The van der Waals surface area contributed by atoms with Crippen molar-refractivity contribution in [1.29, 1.82) is 0 Å². The van der Waals surface area contributed by atoms with Crippen molar-refractivity contribution in [2.24, 2.45) is 5.92 Å². The highest BCUT2D eigenvalue weighted by Gasteiger charge is 2.37. The highest BCUT2D eigenvalue weighted by Crippen LogP contribution is 2.41. The second kappa shape index (κ2) is 4.05. The predicted molar refractivity (Wildman–Crippen MR) is 64.7 cm³/mol. The summed E-state index contributed by atoms with van der Waals surface area (Å²) in [6.45, 7) is 1.69. The third kappa shape index (κ3) is 2.12. The average molecular weight is 225 g/mol. The average Bonchev–Trinajstić information content (AvgIpc) is 2.71. The van der Waals surface area contributed by atoms with Crippen LogP contribution in [-0.4, -0.2) is 11.5 Å². The van der Waals surface area contributed by atoms with Gasteiger partial charge in [0, 0.05) is 11.6 Å². The van der Waals surface area contributed by atoms with Crippen LogP contribution in [0.2, 0.25) is 0 Å². The SMILES string of the molecule is CC(F)(c1ccc(N)cc1)C1CCSC1. The van der Waals surface area contributed by atoms with E-state index in [1.54, 1.807) is 31.2 Å². The minimum Gasteiger partial charge on any atom is -0.399 e. The van der Waals surface area contributed by atoms with Gasteiger partial charge in [0.1, 0.15) is 5.67 Å². The molecule has 1 aliphatic rings. The molecule has 0 aromatic heterocycles. The maximum absolute atomic E-state index is 14.6. The fourth-order valence-corrected chi connectivity index (χ4v) is 3.39. The molecular weight excluding hydrogens is 209 g/mol. The first-order valence-electron chi connectivity index (χ1n) is 5.23. The van der Waals surface area contributed by atoms with E-state index in [2.05, 4.69) is 0 Å². The fourth-order valence-electron chi connectivity index (χ4n) is 2.01. The number of nitrogens with two attached hydrogens (primary N) is 1. The lowest BCUT2D eigenvalue weighted by atomic mass is 9.84. The van der Waals surface area contributed by atoms with Crippen molar-refractivity contribution >= 4 is 17.4 Å². The van der Waals surface area contributed by atoms with E-state index < -0.39 is 5.67 Å². The van der Waals surface area contributed by atoms with Crippen LogP contribution in [0.3, 0.4) is 0 Å². The van der Waals surface area contributed by atoms with Crippen molar-refractivity contribution in [2.45, 2.75) is 19.0 Å². The van der Waals surface area contributed by atoms with Crippen molar-refractivity contribution < 1.29 is 4.39 Å². The van der Waals surface area contributed by atoms with E-state index >= 15 is 0 Å². The summed E-state index contributed by atoms with van der Waals surface area (Å²) in [5, 5.41) is 0. The number of hydrogen-bond acceptors (Lipinski definition) is 2. The molecule has 2 N–H and O–H groups in total. The van der Waals surface area contributed by atoms with Crippen LogP contribution >= 0.6 is 11.8 Å². The van der Waals surface area contributed by atoms with Gasteiger partial charge in [0.25, 0.3) is 0 Å². The normalized spacial score (nSPS) is 25.1. The van der Waals surface area contributed by atoms with E-state index in [1.807, 2.05) is 11.8 Å². The summed E-state index contributed by atoms with van der Waals surface area (Å²) in [6, 6.07) is 7.15. The molecule has 0 radical (unpaired) electrons. The van der Waals surface area contributed by atoms with E-state index in [0.717, 1.165) is 23.5 Å². The van der Waals surface area contributed by atoms with Gasteiger partial charge in [0.15, 0.2) is 0 Å². The molecule has 1 aromatic rings. The molecule has 1 nitrogen and oxygen atoms in total. The first-order valence-corrected chi connectivity index (χ1v) is 6.39. The van der Waals surface area contributed by atoms with Gasteiger partial charge in [-0.25, -0.2) is 4.39 Å². The molecule has 1 aliphatic heterocycles. The molecular formula is C12H16FNS. The molecule has 2 rings (SSSR count). The first kappa shape index (κ1) is 10.8. The van der Waals surface area contributed by atoms with Crippen LogP contribution in [0.1, 0.15) is 18.9 Å². The summed E-state index contributed by atoms with van der Waals surface area (Å²) in [7, 11) is 0. The van der Waals surface area contributed by atoms with Crippen molar-refractivity contribution in [3.8, 4) is 0 Å². The lowest BCUT2D eigenvalue weighted by Gasteiger charge is -2.27. The number of hydrogen-bond donors (Lipinski definition) is 1. The molecule has 0 saturated carbocycles. The van der Waals surface area contributed by atoms with Gasteiger partial charge in [-0.15, -0.1) is 0 Å². The molecule has 0 spiro atoms. The Morgan fingerprint density at radius 3 is 2.60 bits per heavy atom. The number of halogens is 1. The largest absolute Gasteiger partial charge is 0.399 e. The second-order valence-electron chi connectivity index (χ2n) is 4.26. The number of rotatable bonds is 2. The summed E-state index contributed by atoms with van der Waals surface area (Å²) >= 11 is 1.84.